The van der Waals surface area contributed by atoms with E-state index in [9.17, 15) is 14.7 Å². The van der Waals surface area contributed by atoms with Crippen LogP contribution < -0.4 is 38.9 Å². The fraction of sp³-hybridized carbons (Fsp3) is 0.257. The van der Waals surface area contributed by atoms with Crippen LogP contribution in [0.2, 0.25) is 0 Å². The molecular weight excluding hydrogens is 551 g/mol. The zero-order chi connectivity index (χ0) is 30.1. The number of carbonyl (C=O) groups is 2. The third-order valence-corrected chi connectivity index (χ3v) is 7.91. The Labute approximate surface area is 271 Å². The number of nitrogens with one attached hydrogen (secondary N) is 1. The zero-order valence-corrected chi connectivity index (χ0v) is 26.4. The molecule has 0 aliphatic heterocycles. The summed E-state index contributed by atoms with van der Waals surface area (Å²) in [5.41, 5.74) is 7.59. The average molecular weight is 589 g/mol. The summed E-state index contributed by atoms with van der Waals surface area (Å²) in [5.74, 6) is -0.292. The molecule has 0 fully saturated rings. The monoisotopic (exact) mass is 588 g/mol. The van der Waals surface area contributed by atoms with Gasteiger partial charge in [0.05, 0.1) is 19.1 Å². The van der Waals surface area contributed by atoms with Crippen LogP contribution in [0.4, 0.5) is 5.69 Å². The van der Waals surface area contributed by atoms with Crippen molar-refractivity contribution in [2.24, 2.45) is 0 Å². The maximum absolute atomic E-state index is 13.5. The fourth-order valence-electron chi connectivity index (χ4n) is 4.87. The maximum atomic E-state index is 13.5. The summed E-state index contributed by atoms with van der Waals surface area (Å²) < 4.78 is 5.34. The first-order chi connectivity index (χ1) is 20.3. The Bertz CT molecular complexity index is 1510. The molecule has 1 amide bonds. The molecule has 4 aromatic rings. The second kappa shape index (κ2) is 16.3. The van der Waals surface area contributed by atoms with E-state index >= 15 is 0 Å². The maximum Gasteiger partial charge on any atom is 1.00 e. The van der Waals surface area contributed by atoms with Crippen LogP contribution in [-0.4, -0.2) is 37.0 Å². The van der Waals surface area contributed by atoms with Crippen LogP contribution in [0, 0.1) is 13.8 Å². The van der Waals surface area contributed by atoms with Crippen molar-refractivity contribution >= 4 is 29.3 Å². The van der Waals surface area contributed by atoms with Gasteiger partial charge < -0.3 is 24.9 Å². The van der Waals surface area contributed by atoms with E-state index in [-0.39, 0.29) is 18.9 Å². The summed E-state index contributed by atoms with van der Waals surface area (Å²) in [4.78, 5) is 27.5. The zero-order valence-electron chi connectivity index (χ0n) is 25.6. The van der Waals surface area contributed by atoms with Gasteiger partial charge in [-0.25, -0.2) is 0 Å². The summed E-state index contributed by atoms with van der Waals surface area (Å²) in [5, 5.41) is 14.4. The van der Waals surface area contributed by atoms with E-state index in [0.717, 1.165) is 39.3 Å². The molecule has 0 saturated carbocycles. The molecule has 0 spiro atoms. The summed E-state index contributed by atoms with van der Waals surface area (Å²) in [7, 11) is 1.66. The van der Waals surface area contributed by atoms with Gasteiger partial charge in [-0.2, -0.15) is 11.8 Å². The number of methoxy groups -OCH3 is 1. The summed E-state index contributed by atoms with van der Waals surface area (Å²) in [6.45, 7) is 5.36. The van der Waals surface area contributed by atoms with Crippen molar-refractivity contribution in [1.29, 1.82) is 0 Å². The fourth-order valence-corrected chi connectivity index (χ4v) is 5.34. The number of carboxylic acid groups (broad SMARTS) is 1. The van der Waals surface area contributed by atoms with Crippen molar-refractivity contribution in [3.05, 3.63) is 119 Å². The van der Waals surface area contributed by atoms with Crippen LogP contribution in [0.25, 0.3) is 11.1 Å². The molecule has 0 heterocycles. The van der Waals surface area contributed by atoms with Crippen LogP contribution in [0.5, 0.6) is 5.75 Å². The van der Waals surface area contributed by atoms with Crippen LogP contribution >= 0.6 is 11.8 Å². The topological polar surface area (TPSA) is 81.7 Å². The molecule has 0 aliphatic rings. The molecule has 43 heavy (non-hydrogen) atoms. The number of nitrogens with zero attached hydrogens (tertiary/aromatic N) is 1. The first kappa shape index (κ1) is 33.9. The van der Waals surface area contributed by atoms with E-state index in [1.165, 1.54) is 17.3 Å². The summed E-state index contributed by atoms with van der Waals surface area (Å²) in [6, 6.07) is 29.2. The van der Waals surface area contributed by atoms with Crippen LogP contribution in [0.15, 0.2) is 91.0 Å². The number of thioether (sulfide) groups is 1. The number of hydrogen-bond donors (Lipinski definition) is 1. The number of amides is 1. The van der Waals surface area contributed by atoms with Crippen LogP contribution in [0.3, 0.4) is 0 Å². The predicted molar refractivity (Wildman–Crippen MR) is 170 cm³/mol. The number of aliphatic carboxylic acids is 1. The second-order valence-electron chi connectivity index (χ2n) is 10.4. The first-order valence-electron chi connectivity index (χ1n) is 13.9. The smallest absolute Gasteiger partial charge is 0.548 e. The molecule has 0 aliphatic carbocycles. The van der Waals surface area contributed by atoms with E-state index in [4.69, 9.17) is 4.74 Å². The SMILES string of the molecule is COc1ccc(CN(Cc2ccc(C(=O)N[C@@H](CCSC)C(=O)[O-])c(-c3ccccc3C)c2)c2ccc(C)cc2)cc1.[Li+]. The molecule has 0 saturated heterocycles. The Morgan fingerprint density at radius 3 is 2.16 bits per heavy atom. The van der Waals surface area contributed by atoms with Crippen molar-refractivity contribution in [3.8, 4) is 16.9 Å². The minimum atomic E-state index is -1.28. The van der Waals surface area contributed by atoms with Gasteiger partial charge in [-0.3, -0.25) is 4.79 Å². The van der Waals surface area contributed by atoms with Crippen molar-refractivity contribution in [3.63, 3.8) is 0 Å². The third-order valence-electron chi connectivity index (χ3n) is 7.27. The van der Waals surface area contributed by atoms with Crippen molar-refractivity contribution in [2.45, 2.75) is 39.4 Å². The summed E-state index contributed by atoms with van der Waals surface area (Å²) in [6.07, 6.45) is 2.20. The van der Waals surface area contributed by atoms with Crippen LogP contribution in [-0.2, 0) is 17.9 Å². The number of rotatable bonds is 13. The standard InChI is InChI=1S/C35H38N2O4S.Li/c1-24-9-14-28(15-10-24)37(22-26-11-16-29(41-3)17-12-26)23-27-13-18-31(32(21-27)30-8-6-5-7-25(30)2)34(38)36-33(35(39)40)19-20-42-4;/h5-18,21,33H,19-20,22-23H2,1-4H3,(H,36,38)(H,39,40);/q;+1/p-1/t33-;/m0./s1. The van der Waals surface area contributed by atoms with Gasteiger partial charge in [0, 0.05) is 24.3 Å². The Kier molecular flexibility index (Phi) is 12.8. The quantitative estimate of drug-likeness (QED) is 0.242. The molecular formula is C35H37LiN2O4S. The number of hydrogen-bond acceptors (Lipinski definition) is 6. The molecule has 0 radical (unpaired) electrons. The van der Waals surface area contributed by atoms with Gasteiger partial charge in [0.1, 0.15) is 5.75 Å². The second-order valence-corrected chi connectivity index (χ2v) is 11.3. The van der Waals surface area contributed by atoms with E-state index in [2.05, 4.69) is 53.5 Å². The predicted octanol–water partition coefficient (Wildman–Crippen LogP) is 2.79. The Morgan fingerprint density at radius 2 is 1.53 bits per heavy atom. The van der Waals surface area contributed by atoms with Crippen LogP contribution in [0.1, 0.15) is 39.0 Å². The van der Waals surface area contributed by atoms with E-state index in [1.807, 2.05) is 61.7 Å². The summed E-state index contributed by atoms with van der Waals surface area (Å²) >= 11 is 1.53. The molecule has 4 aromatic carbocycles. The molecule has 0 unspecified atom stereocenters. The van der Waals surface area contributed by atoms with Gasteiger partial charge in [0.2, 0.25) is 0 Å². The Hall–Kier alpha value is -3.63. The molecule has 1 N–H and O–H groups in total. The average Bonchev–Trinajstić information content (AvgIpc) is 2.99. The third kappa shape index (κ3) is 9.18. The van der Waals surface area contributed by atoms with Gasteiger partial charge >= 0.3 is 18.9 Å². The van der Waals surface area contributed by atoms with Crippen molar-refractivity contribution < 1.29 is 38.3 Å². The van der Waals surface area contributed by atoms with Crippen molar-refractivity contribution in [1.82, 2.24) is 5.32 Å². The molecule has 0 aromatic heterocycles. The molecule has 6 nitrogen and oxygen atoms in total. The Balaban J connectivity index is 0.00000506. The molecule has 1 atom stereocenters. The largest absolute Gasteiger partial charge is 1.00 e. The number of carbonyl (C=O) groups excluding carboxylic acids is 2. The molecule has 0 bridgehead atoms. The minimum absolute atomic E-state index is 0. The molecule has 4 rings (SSSR count). The normalized spacial score (nSPS) is 11.3. The van der Waals surface area contributed by atoms with E-state index < -0.39 is 17.9 Å². The number of ether oxygens (including phenoxy) is 1. The molecule has 218 valence electrons. The van der Waals surface area contributed by atoms with Gasteiger partial charge in [0.25, 0.3) is 5.91 Å². The Morgan fingerprint density at radius 1 is 0.884 bits per heavy atom. The van der Waals surface area contributed by atoms with Gasteiger partial charge in [0.15, 0.2) is 0 Å². The number of carboxylic acids is 1. The van der Waals surface area contributed by atoms with Gasteiger partial charge in [-0.05, 0) is 96.5 Å². The van der Waals surface area contributed by atoms with Gasteiger partial charge in [-0.1, -0.05) is 60.2 Å². The van der Waals surface area contributed by atoms with E-state index in [0.29, 0.717) is 30.8 Å². The number of aryl methyl sites for hydroxylation is 2. The first-order valence-corrected chi connectivity index (χ1v) is 15.3. The number of anilines is 1. The van der Waals surface area contributed by atoms with E-state index in [1.54, 1.807) is 13.2 Å². The molecule has 8 heteroatoms. The number of benzene rings is 4. The minimum Gasteiger partial charge on any atom is -0.548 e. The van der Waals surface area contributed by atoms with Gasteiger partial charge in [-0.15, -0.1) is 0 Å². The van der Waals surface area contributed by atoms with Crippen molar-refractivity contribution in [2.75, 3.05) is 24.0 Å².